The Balaban J connectivity index is 2.49. The third kappa shape index (κ3) is 7.14. The lowest BCUT2D eigenvalue weighted by Crippen LogP contribution is -2.57. The first kappa shape index (κ1) is 25.0. The molecule has 170 valence electrons. The maximum Gasteiger partial charge on any atom is 0.337 e. The molecule has 6 heteroatoms. The summed E-state index contributed by atoms with van der Waals surface area (Å²) in [7, 11) is 0. The van der Waals surface area contributed by atoms with Crippen LogP contribution < -0.4 is 0 Å². The van der Waals surface area contributed by atoms with Crippen LogP contribution in [-0.2, 0) is 16.1 Å². The molecule has 0 amide bonds. The monoisotopic (exact) mass is 429 g/mol. The highest BCUT2D eigenvalue weighted by atomic mass is 16.6. The van der Waals surface area contributed by atoms with Crippen LogP contribution in [0, 0.1) is 0 Å². The van der Waals surface area contributed by atoms with E-state index in [2.05, 4.69) is 0 Å². The molecule has 2 rings (SSSR count). The van der Waals surface area contributed by atoms with Gasteiger partial charge in [0.15, 0.2) is 6.10 Å². The number of hydrogen-bond donors (Lipinski definition) is 3. The van der Waals surface area contributed by atoms with Gasteiger partial charge in [0.2, 0.25) is 0 Å². The van der Waals surface area contributed by atoms with Gasteiger partial charge in [0, 0.05) is 12.6 Å². The number of ether oxygens (including phenoxy) is 1. The summed E-state index contributed by atoms with van der Waals surface area (Å²) in [6, 6.07) is 17.9. The van der Waals surface area contributed by atoms with E-state index in [4.69, 9.17) is 4.74 Å². The van der Waals surface area contributed by atoms with Gasteiger partial charge >= 0.3 is 5.97 Å². The van der Waals surface area contributed by atoms with Crippen molar-refractivity contribution in [2.75, 3.05) is 0 Å². The predicted molar refractivity (Wildman–Crippen MR) is 120 cm³/mol. The first-order valence-corrected chi connectivity index (χ1v) is 10.6. The van der Waals surface area contributed by atoms with E-state index in [1.165, 1.54) is 6.92 Å². The second-order valence-corrected chi connectivity index (χ2v) is 8.94. The molecule has 0 fully saturated rings. The van der Waals surface area contributed by atoms with Crippen molar-refractivity contribution in [3.05, 3.63) is 71.8 Å². The van der Waals surface area contributed by atoms with Crippen molar-refractivity contribution in [3.8, 4) is 0 Å². The van der Waals surface area contributed by atoms with Crippen LogP contribution >= 0.6 is 0 Å². The molecule has 0 aliphatic rings. The van der Waals surface area contributed by atoms with E-state index in [0.717, 1.165) is 11.1 Å². The van der Waals surface area contributed by atoms with Crippen molar-refractivity contribution < 1.29 is 24.9 Å². The number of aliphatic hydroxyl groups excluding tert-OH is 3. The van der Waals surface area contributed by atoms with E-state index in [1.807, 2.05) is 72.5 Å². The van der Waals surface area contributed by atoms with Crippen LogP contribution in [0.25, 0.3) is 0 Å². The third-order valence-corrected chi connectivity index (χ3v) is 5.19. The lowest BCUT2D eigenvalue weighted by atomic mass is 9.94. The number of hydrogen-bond acceptors (Lipinski definition) is 6. The van der Waals surface area contributed by atoms with Crippen LogP contribution in [0.4, 0.5) is 0 Å². The highest BCUT2D eigenvalue weighted by Gasteiger charge is 2.42. The van der Waals surface area contributed by atoms with Crippen molar-refractivity contribution >= 4 is 5.97 Å². The Hall–Kier alpha value is -2.25. The average Bonchev–Trinajstić information content (AvgIpc) is 2.72. The first-order valence-electron chi connectivity index (χ1n) is 10.6. The largest absolute Gasteiger partial charge is 0.458 e. The number of nitrogens with zero attached hydrogens (tertiary/aromatic N) is 1. The molecule has 0 aromatic heterocycles. The Kier molecular flexibility index (Phi) is 8.77. The van der Waals surface area contributed by atoms with Crippen LogP contribution in [0.1, 0.15) is 51.8 Å². The molecule has 0 bridgehead atoms. The third-order valence-electron chi connectivity index (χ3n) is 5.19. The van der Waals surface area contributed by atoms with Gasteiger partial charge in [-0.2, -0.15) is 0 Å². The minimum Gasteiger partial charge on any atom is -0.458 e. The van der Waals surface area contributed by atoms with Gasteiger partial charge in [0.25, 0.3) is 0 Å². The molecular formula is C25H35NO5. The summed E-state index contributed by atoms with van der Waals surface area (Å²) in [6.07, 6.45) is -4.19. The van der Waals surface area contributed by atoms with Crippen LogP contribution in [0.5, 0.6) is 0 Å². The van der Waals surface area contributed by atoms with Gasteiger partial charge in [0.1, 0.15) is 5.60 Å². The first-order chi connectivity index (χ1) is 14.5. The van der Waals surface area contributed by atoms with Crippen LogP contribution in [-0.4, -0.2) is 56.1 Å². The summed E-state index contributed by atoms with van der Waals surface area (Å²) < 4.78 is 5.39. The maximum atomic E-state index is 12.8. The second kappa shape index (κ2) is 10.9. The molecule has 3 N–H and O–H groups in total. The average molecular weight is 430 g/mol. The van der Waals surface area contributed by atoms with E-state index in [1.54, 1.807) is 20.8 Å². The summed E-state index contributed by atoms with van der Waals surface area (Å²) in [4.78, 5) is 14.6. The van der Waals surface area contributed by atoms with Crippen molar-refractivity contribution in [2.24, 2.45) is 0 Å². The Morgan fingerprint density at radius 3 is 1.94 bits per heavy atom. The fraction of sp³-hybridized carbons (Fsp3) is 0.480. The number of esters is 1. The Morgan fingerprint density at radius 2 is 1.45 bits per heavy atom. The fourth-order valence-corrected chi connectivity index (χ4v) is 3.57. The molecule has 2 aromatic carbocycles. The molecule has 0 spiro atoms. The molecule has 0 saturated heterocycles. The molecule has 2 aromatic rings. The quantitative estimate of drug-likeness (QED) is 0.531. The number of rotatable bonds is 9. The number of benzene rings is 2. The zero-order valence-corrected chi connectivity index (χ0v) is 19.0. The normalized spacial score (nSPS) is 16.9. The van der Waals surface area contributed by atoms with Gasteiger partial charge in [-0.15, -0.1) is 0 Å². The highest BCUT2D eigenvalue weighted by Crippen LogP contribution is 2.29. The molecule has 6 nitrogen and oxygen atoms in total. The van der Waals surface area contributed by atoms with Crippen molar-refractivity contribution in [1.82, 2.24) is 4.90 Å². The van der Waals surface area contributed by atoms with Crippen LogP contribution in [0.3, 0.4) is 0 Å². The Bertz CT molecular complexity index is 804. The standard InChI is InChI=1S/C25H35NO5/c1-17(20-14-10-7-11-15-20)26(16-19-12-8-6-9-13-19)21(22(28)18(2)27)23(29)24(30)31-25(3,4)5/h6-15,17-18,21-23,27-29H,16H2,1-5H3/t17-,18+,21-,22-,23-/m1/s1. The number of carbonyl (C=O) groups is 1. The molecule has 0 unspecified atom stereocenters. The van der Waals surface area contributed by atoms with Crippen molar-refractivity contribution in [1.29, 1.82) is 0 Å². The molecule has 5 atom stereocenters. The molecule has 0 radical (unpaired) electrons. The molecular weight excluding hydrogens is 394 g/mol. The molecule has 0 aliphatic heterocycles. The lowest BCUT2D eigenvalue weighted by Gasteiger charge is -2.42. The van der Waals surface area contributed by atoms with Crippen LogP contribution in [0.2, 0.25) is 0 Å². The van der Waals surface area contributed by atoms with E-state index < -0.39 is 35.9 Å². The number of carbonyl (C=O) groups excluding carboxylic acids is 1. The predicted octanol–water partition coefficient (Wildman–Crippen LogP) is 3.06. The van der Waals surface area contributed by atoms with Gasteiger partial charge in [0.05, 0.1) is 18.2 Å². The van der Waals surface area contributed by atoms with Gasteiger partial charge < -0.3 is 20.1 Å². The Morgan fingerprint density at radius 1 is 0.935 bits per heavy atom. The van der Waals surface area contributed by atoms with Gasteiger partial charge in [-0.05, 0) is 45.7 Å². The van der Waals surface area contributed by atoms with E-state index in [0.29, 0.717) is 6.54 Å². The zero-order valence-electron chi connectivity index (χ0n) is 19.0. The topological polar surface area (TPSA) is 90.2 Å². The van der Waals surface area contributed by atoms with Gasteiger partial charge in [-0.25, -0.2) is 4.79 Å². The molecule has 0 aliphatic carbocycles. The molecule has 31 heavy (non-hydrogen) atoms. The smallest absolute Gasteiger partial charge is 0.337 e. The van der Waals surface area contributed by atoms with Gasteiger partial charge in [-0.3, -0.25) is 4.90 Å². The Labute approximate surface area is 185 Å². The zero-order chi connectivity index (χ0) is 23.2. The highest BCUT2D eigenvalue weighted by molar-refractivity contribution is 5.76. The summed E-state index contributed by atoms with van der Waals surface area (Å²) in [5, 5.41) is 32.1. The summed E-state index contributed by atoms with van der Waals surface area (Å²) in [5.74, 6) is -0.837. The fourth-order valence-electron chi connectivity index (χ4n) is 3.57. The van der Waals surface area contributed by atoms with Crippen molar-refractivity contribution in [3.63, 3.8) is 0 Å². The van der Waals surface area contributed by atoms with Gasteiger partial charge in [-0.1, -0.05) is 60.7 Å². The number of aliphatic hydroxyl groups is 3. The molecule has 0 heterocycles. The lowest BCUT2D eigenvalue weighted by molar-refractivity contribution is -0.176. The van der Waals surface area contributed by atoms with E-state index >= 15 is 0 Å². The minimum atomic E-state index is -1.65. The summed E-state index contributed by atoms with van der Waals surface area (Å²) in [6.45, 7) is 8.88. The van der Waals surface area contributed by atoms with Crippen molar-refractivity contribution in [2.45, 2.75) is 77.2 Å². The molecule has 0 saturated carbocycles. The van der Waals surface area contributed by atoms with E-state index in [9.17, 15) is 20.1 Å². The van der Waals surface area contributed by atoms with E-state index in [-0.39, 0.29) is 6.04 Å². The summed E-state index contributed by atoms with van der Waals surface area (Å²) in [5.41, 5.74) is 1.11. The second-order valence-electron chi connectivity index (χ2n) is 8.94. The van der Waals surface area contributed by atoms with Crippen LogP contribution in [0.15, 0.2) is 60.7 Å². The summed E-state index contributed by atoms with van der Waals surface area (Å²) >= 11 is 0. The SMILES string of the molecule is C[C@H](O)[C@@H](O)[C@H]([C@@H](O)C(=O)OC(C)(C)C)N(Cc1ccccc1)[C@H](C)c1ccccc1. The minimum absolute atomic E-state index is 0.267. The maximum absolute atomic E-state index is 12.8.